The van der Waals surface area contributed by atoms with E-state index >= 15 is 0 Å². The maximum absolute atomic E-state index is 6.02. The first-order valence-electron chi connectivity index (χ1n) is 3.93. The summed E-state index contributed by atoms with van der Waals surface area (Å²) in [6.45, 7) is 1.98. The van der Waals surface area contributed by atoms with Crippen LogP contribution in [0.2, 0.25) is 5.02 Å². The van der Waals surface area contributed by atoms with Crippen molar-refractivity contribution < 1.29 is 0 Å². The van der Waals surface area contributed by atoms with Crippen molar-refractivity contribution in [1.29, 1.82) is 0 Å². The molecule has 2 aromatic rings. The first-order chi connectivity index (χ1) is 6.68. The highest BCUT2D eigenvalue weighted by Gasteiger charge is 2.09. The molecule has 72 valence electrons. The van der Waals surface area contributed by atoms with E-state index in [1.165, 1.54) is 11.3 Å². The second-order valence-corrected chi connectivity index (χ2v) is 5.43. The molecule has 0 bridgehead atoms. The predicted molar refractivity (Wildman–Crippen MR) is 62.8 cm³/mol. The van der Waals surface area contributed by atoms with Crippen LogP contribution in [0.15, 0.2) is 22.1 Å². The molecular weight excluding hydrogens is 284 g/mol. The third kappa shape index (κ3) is 1.82. The molecule has 2 nitrogen and oxygen atoms in total. The number of nitrogens with zero attached hydrogens (tertiary/aromatic N) is 2. The highest BCUT2D eigenvalue weighted by atomic mass is 79.9. The fourth-order valence-corrected chi connectivity index (χ4v) is 2.52. The summed E-state index contributed by atoms with van der Waals surface area (Å²) in [4.78, 5) is 0. The van der Waals surface area contributed by atoms with Crippen molar-refractivity contribution in [3.05, 3.63) is 32.7 Å². The van der Waals surface area contributed by atoms with E-state index in [1.807, 2.05) is 25.1 Å². The first-order valence-corrected chi connectivity index (χ1v) is 5.91. The van der Waals surface area contributed by atoms with E-state index in [0.717, 1.165) is 25.1 Å². The summed E-state index contributed by atoms with van der Waals surface area (Å²) in [7, 11) is 0. The maximum Gasteiger partial charge on any atom is 0.183 e. The SMILES string of the molecule is Cc1c(Cl)cccc1-c1nnc(Br)s1. The lowest BCUT2D eigenvalue weighted by atomic mass is 10.1. The average molecular weight is 290 g/mol. The van der Waals surface area contributed by atoms with Gasteiger partial charge in [0.15, 0.2) is 3.92 Å². The second-order valence-electron chi connectivity index (χ2n) is 2.77. The summed E-state index contributed by atoms with van der Waals surface area (Å²) in [6, 6.07) is 5.78. The van der Waals surface area contributed by atoms with Gasteiger partial charge in [0.2, 0.25) is 0 Å². The first kappa shape index (κ1) is 10.1. The van der Waals surface area contributed by atoms with Crippen molar-refractivity contribution in [2.45, 2.75) is 6.92 Å². The van der Waals surface area contributed by atoms with Gasteiger partial charge in [-0.3, -0.25) is 0 Å². The largest absolute Gasteiger partial charge is 0.183 e. The molecule has 1 aromatic carbocycles. The fourth-order valence-electron chi connectivity index (χ4n) is 1.15. The Morgan fingerprint density at radius 3 is 2.79 bits per heavy atom. The van der Waals surface area contributed by atoms with Crippen LogP contribution in [0.3, 0.4) is 0 Å². The topological polar surface area (TPSA) is 25.8 Å². The summed E-state index contributed by atoms with van der Waals surface area (Å²) in [5.41, 5.74) is 2.08. The minimum atomic E-state index is 0.758. The normalized spacial score (nSPS) is 10.5. The van der Waals surface area contributed by atoms with E-state index in [4.69, 9.17) is 11.6 Å². The monoisotopic (exact) mass is 288 g/mol. The molecule has 2 rings (SSSR count). The molecule has 1 aromatic heterocycles. The van der Waals surface area contributed by atoms with Gasteiger partial charge in [-0.1, -0.05) is 35.1 Å². The number of halogens is 2. The lowest BCUT2D eigenvalue weighted by Crippen LogP contribution is -1.83. The van der Waals surface area contributed by atoms with Crippen LogP contribution in [0.25, 0.3) is 10.6 Å². The second kappa shape index (κ2) is 3.96. The molecule has 0 spiro atoms. The number of hydrogen-bond donors (Lipinski definition) is 0. The van der Waals surface area contributed by atoms with E-state index in [1.54, 1.807) is 0 Å². The Labute approximate surface area is 99.1 Å². The predicted octanol–water partition coefficient (Wildman–Crippen LogP) is 3.93. The Morgan fingerprint density at radius 2 is 2.14 bits per heavy atom. The van der Waals surface area contributed by atoms with Crippen molar-refractivity contribution >= 4 is 38.9 Å². The highest BCUT2D eigenvalue weighted by molar-refractivity contribution is 9.11. The standard InChI is InChI=1S/C9H6BrClN2S/c1-5-6(3-2-4-7(5)11)8-12-13-9(10)14-8/h2-4H,1H3. The van der Waals surface area contributed by atoms with Gasteiger partial charge in [-0.05, 0) is 34.5 Å². The average Bonchev–Trinajstić information content (AvgIpc) is 2.57. The molecule has 0 aliphatic heterocycles. The van der Waals surface area contributed by atoms with Crippen LogP contribution in [0.1, 0.15) is 5.56 Å². The Balaban J connectivity index is 2.57. The van der Waals surface area contributed by atoms with Gasteiger partial charge in [0.1, 0.15) is 5.01 Å². The van der Waals surface area contributed by atoms with Crippen molar-refractivity contribution in [2.75, 3.05) is 0 Å². The minimum absolute atomic E-state index is 0.758. The third-order valence-electron chi connectivity index (χ3n) is 1.90. The molecular formula is C9H6BrClN2S. The number of aromatic nitrogens is 2. The molecule has 14 heavy (non-hydrogen) atoms. The highest BCUT2D eigenvalue weighted by Crippen LogP contribution is 2.31. The van der Waals surface area contributed by atoms with Gasteiger partial charge in [0, 0.05) is 10.6 Å². The number of benzene rings is 1. The van der Waals surface area contributed by atoms with Crippen molar-refractivity contribution in [3.8, 4) is 10.6 Å². The maximum atomic E-state index is 6.02. The van der Waals surface area contributed by atoms with Crippen molar-refractivity contribution in [1.82, 2.24) is 10.2 Å². The Kier molecular flexibility index (Phi) is 2.85. The summed E-state index contributed by atoms with van der Waals surface area (Å²) in [5, 5.41) is 9.60. The van der Waals surface area contributed by atoms with Gasteiger partial charge in [-0.15, -0.1) is 10.2 Å². The van der Waals surface area contributed by atoms with Crippen LogP contribution in [-0.4, -0.2) is 10.2 Å². The Hall–Kier alpha value is -0.450. The molecule has 5 heteroatoms. The summed E-state index contributed by atoms with van der Waals surface area (Å²) < 4.78 is 0.784. The van der Waals surface area contributed by atoms with Gasteiger partial charge in [-0.2, -0.15) is 0 Å². The zero-order chi connectivity index (χ0) is 10.1. The Bertz CT molecular complexity index is 470. The number of hydrogen-bond acceptors (Lipinski definition) is 3. The van der Waals surface area contributed by atoms with Crippen LogP contribution in [0, 0.1) is 6.92 Å². The summed E-state index contributed by atoms with van der Waals surface area (Å²) in [6.07, 6.45) is 0. The number of rotatable bonds is 1. The van der Waals surface area contributed by atoms with Gasteiger partial charge >= 0.3 is 0 Å². The molecule has 0 saturated heterocycles. The molecule has 0 atom stereocenters. The van der Waals surface area contributed by atoms with E-state index < -0.39 is 0 Å². The summed E-state index contributed by atoms with van der Waals surface area (Å²) >= 11 is 10.8. The fraction of sp³-hybridized carbons (Fsp3) is 0.111. The third-order valence-corrected chi connectivity index (χ3v) is 3.70. The van der Waals surface area contributed by atoms with Crippen molar-refractivity contribution in [2.24, 2.45) is 0 Å². The molecule has 0 N–H and O–H groups in total. The van der Waals surface area contributed by atoms with Gasteiger partial charge < -0.3 is 0 Å². The lowest BCUT2D eigenvalue weighted by Gasteiger charge is -2.02. The van der Waals surface area contributed by atoms with Crippen LogP contribution in [0.4, 0.5) is 0 Å². The lowest BCUT2D eigenvalue weighted by molar-refractivity contribution is 1.07. The van der Waals surface area contributed by atoms with Crippen LogP contribution >= 0.6 is 38.9 Å². The molecule has 0 fully saturated rings. The van der Waals surface area contributed by atoms with E-state index in [9.17, 15) is 0 Å². The van der Waals surface area contributed by atoms with E-state index in [0.29, 0.717) is 0 Å². The van der Waals surface area contributed by atoms with E-state index in [-0.39, 0.29) is 0 Å². The zero-order valence-electron chi connectivity index (χ0n) is 7.29. The summed E-state index contributed by atoms with van der Waals surface area (Å²) in [5.74, 6) is 0. The molecule has 0 aliphatic rings. The van der Waals surface area contributed by atoms with Crippen LogP contribution < -0.4 is 0 Å². The molecule has 0 saturated carbocycles. The van der Waals surface area contributed by atoms with Crippen molar-refractivity contribution in [3.63, 3.8) is 0 Å². The minimum Gasteiger partial charge on any atom is -0.137 e. The molecule has 0 unspecified atom stereocenters. The van der Waals surface area contributed by atoms with Gasteiger partial charge in [0.25, 0.3) is 0 Å². The molecule has 0 aliphatic carbocycles. The molecule has 0 amide bonds. The Morgan fingerprint density at radius 1 is 1.36 bits per heavy atom. The zero-order valence-corrected chi connectivity index (χ0v) is 10.4. The quantitative estimate of drug-likeness (QED) is 0.795. The molecule has 1 heterocycles. The van der Waals surface area contributed by atoms with Crippen LogP contribution in [-0.2, 0) is 0 Å². The molecule has 0 radical (unpaired) electrons. The van der Waals surface area contributed by atoms with E-state index in [2.05, 4.69) is 26.1 Å². The van der Waals surface area contributed by atoms with Crippen LogP contribution in [0.5, 0.6) is 0 Å². The smallest absolute Gasteiger partial charge is 0.137 e. The van der Waals surface area contributed by atoms with Gasteiger partial charge in [0.05, 0.1) is 0 Å². The van der Waals surface area contributed by atoms with Gasteiger partial charge in [-0.25, -0.2) is 0 Å².